The van der Waals surface area contributed by atoms with Gasteiger partial charge in [0.25, 0.3) is 0 Å². The molecule has 4 aliphatic carbocycles. The molecule has 0 N–H and O–H groups in total. The second kappa shape index (κ2) is 6.46. The van der Waals surface area contributed by atoms with E-state index in [0.29, 0.717) is 5.41 Å². The summed E-state index contributed by atoms with van der Waals surface area (Å²) in [5.74, 6) is 8.40. The van der Waals surface area contributed by atoms with Gasteiger partial charge in [0.2, 0.25) is 0 Å². The Morgan fingerprint density at radius 1 is 0.783 bits per heavy atom. The van der Waals surface area contributed by atoms with E-state index in [9.17, 15) is 0 Å². The van der Waals surface area contributed by atoms with Crippen molar-refractivity contribution in [2.24, 2.45) is 40.4 Å². The zero-order chi connectivity index (χ0) is 16.7. The Kier molecular flexibility index (Phi) is 4.88. The van der Waals surface area contributed by atoms with Gasteiger partial charge < -0.3 is 0 Å². The minimum absolute atomic E-state index is 0.173. The van der Waals surface area contributed by atoms with Gasteiger partial charge in [-0.1, -0.05) is 46.0 Å². The summed E-state index contributed by atoms with van der Waals surface area (Å²) in [6.07, 6.45) is 20.7. The maximum atomic E-state index is 5.98. The Labute approximate surface area is 145 Å². The molecule has 0 heterocycles. The van der Waals surface area contributed by atoms with E-state index in [-0.39, 0.29) is 5.41 Å². The highest BCUT2D eigenvalue weighted by molar-refractivity contribution is 5.19. The number of rotatable bonds is 0. The summed E-state index contributed by atoms with van der Waals surface area (Å²) in [4.78, 5) is 0. The summed E-state index contributed by atoms with van der Waals surface area (Å²) in [7, 11) is 0. The summed E-state index contributed by atoms with van der Waals surface area (Å²) in [5.41, 5.74) is 0.608. The Morgan fingerprint density at radius 3 is 2.26 bits per heavy atom. The van der Waals surface area contributed by atoms with Gasteiger partial charge in [-0.15, -0.1) is 6.42 Å². The van der Waals surface area contributed by atoms with Crippen LogP contribution in [0.2, 0.25) is 0 Å². The first kappa shape index (κ1) is 17.4. The largest absolute Gasteiger partial charge is 0.120 e. The van der Waals surface area contributed by atoms with Gasteiger partial charge in [-0.25, -0.2) is 0 Å². The highest BCUT2D eigenvalue weighted by atomic mass is 14.6. The van der Waals surface area contributed by atoms with E-state index < -0.39 is 0 Å². The lowest BCUT2D eigenvalue weighted by atomic mass is 9.48. The van der Waals surface area contributed by atoms with Crippen molar-refractivity contribution >= 4 is 0 Å². The predicted molar refractivity (Wildman–Crippen MR) is 100 cm³/mol. The molecule has 0 nitrogen and oxygen atoms in total. The van der Waals surface area contributed by atoms with E-state index in [1.165, 1.54) is 57.8 Å². The normalized spacial score (nSPS) is 51.3. The maximum absolute atomic E-state index is 5.98. The molecule has 0 amide bonds. The molecule has 4 aliphatic rings. The summed E-state index contributed by atoms with van der Waals surface area (Å²) in [6, 6.07) is 0. The van der Waals surface area contributed by atoms with Crippen molar-refractivity contribution in [3.63, 3.8) is 0 Å². The molecular formula is C23H38. The molecule has 0 bridgehead atoms. The fraction of sp³-hybridized carbons (Fsp3) is 0.913. The van der Waals surface area contributed by atoms with Crippen molar-refractivity contribution in [3.05, 3.63) is 0 Å². The van der Waals surface area contributed by atoms with Gasteiger partial charge in [0.1, 0.15) is 0 Å². The lowest BCUT2D eigenvalue weighted by Crippen LogP contribution is -2.49. The van der Waals surface area contributed by atoms with Crippen molar-refractivity contribution in [2.75, 3.05) is 0 Å². The Morgan fingerprint density at radius 2 is 1.52 bits per heavy atom. The Bertz CT molecular complexity index is 457. The number of hydrogen-bond acceptors (Lipinski definition) is 0. The van der Waals surface area contributed by atoms with Crippen LogP contribution in [0.1, 0.15) is 91.9 Å². The van der Waals surface area contributed by atoms with Gasteiger partial charge in [0.15, 0.2) is 0 Å². The van der Waals surface area contributed by atoms with E-state index in [0.717, 1.165) is 29.6 Å². The first-order chi connectivity index (χ1) is 11.1. The topological polar surface area (TPSA) is 0 Å². The van der Waals surface area contributed by atoms with Crippen LogP contribution in [0.3, 0.4) is 0 Å². The van der Waals surface area contributed by atoms with Crippen molar-refractivity contribution in [2.45, 2.75) is 91.9 Å². The standard InChI is InChI=1S/C21H32.C2H6/c1-4-20(2)13-12-19-18-10-9-15-7-5-6-8-16(15)17(18)11-14-21(19,20)3;1-2/h1,15-19H,5-14H2,2-3H3;1-2H3. The van der Waals surface area contributed by atoms with Gasteiger partial charge in [-0.2, -0.15) is 0 Å². The molecule has 4 saturated carbocycles. The van der Waals surface area contributed by atoms with E-state index in [2.05, 4.69) is 19.8 Å². The second-order valence-electron chi connectivity index (χ2n) is 9.19. The van der Waals surface area contributed by atoms with Crippen molar-refractivity contribution in [1.29, 1.82) is 0 Å². The smallest absolute Gasteiger partial charge is 0.0340 e. The summed E-state index contributed by atoms with van der Waals surface area (Å²) in [6.45, 7) is 8.94. The molecule has 0 spiro atoms. The summed E-state index contributed by atoms with van der Waals surface area (Å²) in [5, 5.41) is 0. The molecule has 4 fully saturated rings. The molecule has 0 aliphatic heterocycles. The van der Waals surface area contributed by atoms with E-state index >= 15 is 0 Å². The molecule has 7 unspecified atom stereocenters. The van der Waals surface area contributed by atoms with Crippen molar-refractivity contribution in [1.82, 2.24) is 0 Å². The van der Waals surface area contributed by atoms with Crippen molar-refractivity contribution < 1.29 is 0 Å². The van der Waals surface area contributed by atoms with Crippen LogP contribution < -0.4 is 0 Å². The van der Waals surface area contributed by atoms with E-state index in [1.54, 1.807) is 6.42 Å². The van der Waals surface area contributed by atoms with Crippen LogP contribution in [0.4, 0.5) is 0 Å². The average molecular weight is 315 g/mol. The minimum Gasteiger partial charge on any atom is -0.120 e. The number of fused-ring (bicyclic) bond motifs is 5. The monoisotopic (exact) mass is 314 g/mol. The van der Waals surface area contributed by atoms with Crippen LogP contribution in [0, 0.1) is 52.8 Å². The van der Waals surface area contributed by atoms with E-state index in [4.69, 9.17) is 6.42 Å². The molecule has 0 aromatic heterocycles. The number of terminal acetylenes is 1. The minimum atomic E-state index is 0.173. The molecule has 23 heavy (non-hydrogen) atoms. The second-order valence-corrected chi connectivity index (χ2v) is 9.19. The predicted octanol–water partition coefficient (Wildman–Crippen LogP) is 6.69. The van der Waals surface area contributed by atoms with Gasteiger partial charge in [-0.05, 0) is 86.9 Å². The third kappa shape index (κ3) is 2.49. The first-order valence-corrected chi connectivity index (χ1v) is 10.6. The Balaban J connectivity index is 0.000000753. The molecule has 4 rings (SSSR count). The quantitative estimate of drug-likeness (QED) is 0.437. The summed E-state index contributed by atoms with van der Waals surface area (Å²) >= 11 is 0. The van der Waals surface area contributed by atoms with Crippen LogP contribution >= 0.6 is 0 Å². The molecule has 0 aromatic rings. The molecule has 0 radical (unpaired) electrons. The van der Waals surface area contributed by atoms with Gasteiger partial charge in [0.05, 0.1) is 0 Å². The molecular weight excluding hydrogens is 276 g/mol. The molecule has 0 aromatic carbocycles. The van der Waals surface area contributed by atoms with Gasteiger partial charge in [0, 0.05) is 5.41 Å². The lowest BCUT2D eigenvalue weighted by Gasteiger charge is -2.57. The van der Waals surface area contributed by atoms with Crippen LogP contribution in [0.5, 0.6) is 0 Å². The molecule has 0 heteroatoms. The Hall–Kier alpha value is -0.440. The van der Waals surface area contributed by atoms with Crippen LogP contribution in [-0.2, 0) is 0 Å². The lowest BCUT2D eigenvalue weighted by molar-refractivity contribution is -0.0706. The zero-order valence-electron chi connectivity index (χ0n) is 16.0. The first-order valence-electron chi connectivity index (χ1n) is 10.6. The molecule has 7 atom stereocenters. The fourth-order valence-corrected chi connectivity index (χ4v) is 7.33. The van der Waals surface area contributed by atoms with Crippen LogP contribution in [-0.4, -0.2) is 0 Å². The SMILES string of the molecule is C#CC1(C)CCC2C3CCC4CCCCC4C3CCC21C.CC. The fourth-order valence-electron chi connectivity index (χ4n) is 7.33. The highest BCUT2D eigenvalue weighted by Gasteiger charge is 2.60. The van der Waals surface area contributed by atoms with Crippen molar-refractivity contribution in [3.8, 4) is 12.3 Å². The summed E-state index contributed by atoms with van der Waals surface area (Å²) < 4.78 is 0. The van der Waals surface area contributed by atoms with Crippen LogP contribution in [0.25, 0.3) is 0 Å². The third-order valence-electron chi connectivity index (χ3n) is 8.81. The van der Waals surface area contributed by atoms with Gasteiger partial charge >= 0.3 is 0 Å². The van der Waals surface area contributed by atoms with E-state index in [1.807, 2.05) is 13.8 Å². The third-order valence-corrected chi connectivity index (χ3v) is 8.81. The molecule has 130 valence electrons. The number of hydrogen-bond donors (Lipinski definition) is 0. The maximum Gasteiger partial charge on any atom is 0.0340 e. The highest BCUT2D eigenvalue weighted by Crippen LogP contribution is 2.67. The molecule has 0 saturated heterocycles. The van der Waals surface area contributed by atoms with Gasteiger partial charge in [-0.3, -0.25) is 0 Å². The zero-order valence-corrected chi connectivity index (χ0v) is 16.0. The average Bonchev–Trinajstić information content (AvgIpc) is 2.88. The van der Waals surface area contributed by atoms with Crippen LogP contribution in [0.15, 0.2) is 0 Å².